The summed E-state index contributed by atoms with van der Waals surface area (Å²) >= 11 is 6.06. The third kappa shape index (κ3) is 5.23. The van der Waals surface area contributed by atoms with Crippen LogP contribution in [-0.4, -0.2) is 20.7 Å². The van der Waals surface area contributed by atoms with Gasteiger partial charge >= 0.3 is 0 Å². The maximum atomic E-state index is 13.0. The van der Waals surface area contributed by atoms with Crippen LogP contribution in [0, 0.1) is 6.92 Å². The zero-order chi connectivity index (χ0) is 24.2. The average Bonchev–Trinajstić information content (AvgIpc) is 3.32. The van der Waals surface area contributed by atoms with Crippen LogP contribution in [0.15, 0.2) is 103 Å². The molecule has 0 aliphatic heterocycles. The van der Waals surface area contributed by atoms with Gasteiger partial charge in [0.2, 0.25) is 5.82 Å². The van der Waals surface area contributed by atoms with Gasteiger partial charge in [-0.05, 0) is 73.7 Å². The largest absolute Gasteiger partial charge is 0.457 e. The number of hydrogen-bond donors (Lipinski definition) is 1. The van der Waals surface area contributed by atoms with Crippen LogP contribution in [-0.2, 0) is 0 Å². The molecule has 35 heavy (non-hydrogen) atoms. The fraction of sp³-hybridized carbons (Fsp3) is 0.0357. The number of halogens is 1. The fourth-order valence-corrected chi connectivity index (χ4v) is 3.69. The van der Waals surface area contributed by atoms with Gasteiger partial charge in [-0.1, -0.05) is 53.6 Å². The Labute approximate surface area is 207 Å². The normalized spacial score (nSPS) is 10.7. The number of amides is 1. The van der Waals surface area contributed by atoms with Gasteiger partial charge in [-0.15, -0.1) is 5.10 Å². The molecule has 0 saturated heterocycles. The Morgan fingerprint density at radius 3 is 2.29 bits per heavy atom. The Hall–Kier alpha value is -4.42. The average molecular weight is 481 g/mol. The van der Waals surface area contributed by atoms with Crippen LogP contribution in [0.25, 0.3) is 17.1 Å². The topological polar surface area (TPSA) is 69.0 Å². The van der Waals surface area contributed by atoms with E-state index in [0.29, 0.717) is 22.3 Å². The lowest BCUT2D eigenvalue weighted by atomic mass is 10.1. The molecule has 0 saturated carbocycles. The van der Waals surface area contributed by atoms with Gasteiger partial charge in [0.1, 0.15) is 11.5 Å². The van der Waals surface area contributed by atoms with Gasteiger partial charge in [-0.25, -0.2) is 9.67 Å². The molecule has 0 atom stereocenters. The van der Waals surface area contributed by atoms with Crippen molar-refractivity contribution in [2.45, 2.75) is 6.92 Å². The Balaban J connectivity index is 1.40. The standard InChI is InChI=1S/C28H21ClN4O2/c1-19-6-5-7-20(18-19)27-31-26(32-33(27)23-14-10-21(29)11-15-23)28(34)30-22-12-16-25(17-13-22)35-24-8-3-2-4-9-24/h2-18H,1H3,(H,30,34). The molecule has 0 fully saturated rings. The number of anilines is 1. The summed E-state index contributed by atoms with van der Waals surface area (Å²) < 4.78 is 7.46. The SMILES string of the molecule is Cc1cccc(-c2nc(C(=O)Nc3ccc(Oc4ccccc4)cc3)nn2-c2ccc(Cl)cc2)c1. The van der Waals surface area contributed by atoms with E-state index in [1.54, 1.807) is 41.1 Å². The zero-order valence-electron chi connectivity index (χ0n) is 18.9. The number of nitrogens with one attached hydrogen (secondary N) is 1. The van der Waals surface area contributed by atoms with Crippen molar-refractivity contribution >= 4 is 23.2 Å². The van der Waals surface area contributed by atoms with E-state index in [-0.39, 0.29) is 5.82 Å². The maximum Gasteiger partial charge on any atom is 0.295 e. The summed E-state index contributed by atoms with van der Waals surface area (Å²) in [6.45, 7) is 2.01. The van der Waals surface area contributed by atoms with Crippen LogP contribution in [0.1, 0.15) is 16.2 Å². The third-order valence-corrected chi connectivity index (χ3v) is 5.50. The van der Waals surface area contributed by atoms with Gasteiger partial charge in [-0.3, -0.25) is 4.79 Å². The van der Waals surface area contributed by atoms with Gasteiger partial charge in [0.15, 0.2) is 5.82 Å². The molecular weight excluding hydrogens is 460 g/mol. The highest BCUT2D eigenvalue weighted by Gasteiger charge is 2.19. The van der Waals surface area contributed by atoms with Crippen molar-refractivity contribution in [1.29, 1.82) is 0 Å². The van der Waals surface area contributed by atoms with Crippen molar-refractivity contribution in [3.05, 3.63) is 120 Å². The number of para-hydroxylation sites is 1. The molecular formula is C28H21ClN4O2. The van der Waals surface area contributed by atoms with Gasteiger partial charge in [0.25, 0.3) is 5.91 Å². The van der Waals surface area contributed by atoms with Crippen molar-refractivity contribution in [1.82, 2.24) is 14.8 Å². The van der Waals surface area contributed by atoms with Crippen LogP contribution in [0.3, 0.4) is 0 Å². The van der Waals surface area contributed by atoms with Crippen LogP contribution in [0.2, 0.25) is 5.02 Å². The van der Waals surface area contributed by atoms with E-state index >= 15 is 0 Å². The second-order valence-electron chi connectivity index (χ2n) is 7.91. The summed E-state index contributed by atoms with van der Waals surface area (Å²) in [6, 6.07) is 31.8. The highest BCUT2D eigenvalue weighted by molar-refractivity contribution is 6.30. The number of benzene rings is 4. The van der Waals surface area contributed by atoms with E-state index in [9.17, 15) is 4.79 Å². The molecule has 1 N–H and O–H groups in total. The molecule has 0 aliphatic rings. The molecule has 0 unspecified atom stereocenters. The number of aromatic nitrogens is 3. The summed E-state index contributed by atoms with van der Waals surface area (Å²) in [4.78, 5) is 17.6. The van der Waals surface area contributed by atoms with E-state index in [2.05, 4.69) is 15.4 Å². The lowest BCUT2D eigenvalue weighted by molar-refractivity contribution is 0.101. The smallest absolute Gasteiger partial charge is 0.295 e. The number of nitrogens with zero attached hydrogens (tertiary/aromatic N) is 3. The molecule has 4 aromatic carbocycles. The molecule has 0 bridgehead atoms. The van der Waals surface area contributed by atoms with E-state index in [0.717, 1.165) is 22.6 Å². The van der Waals surface area contributed by atoms with Crippen molar-refractivity contribution in [2.24, 2.45) is 0 Å². The molecule has 172 valence electrons. The first-order chi connectivity index (χ1) is 17.0. The summed E-state index contributed by atoms with van der Waals surface area (Å²) in [6.07, 6.45) is 0. The molecule has 1 amide bonds. The molecule has 0 spiro atoms. The van der Waals surface area contributed by atoms with E-state index < -0.39 is 5.91 Å². The highest BCUT2D eigenvalue weighted by Crippen LogP contribution is 2.25. The van der Waals surface area contributed by atoms with Crippen molar-refractivity contribution < 1.29 is 9.53 Å². The van der Waals surface area contributed by atoms with Crippen molar-refractivity contribution in [2.75, 3.05) is 5.32 Å². The van der Waals surface area contributed by atoms with E-state index in [1.165, 1.54) is 0 Å². The van der Waals surface area contributed by atoms with Crippen LogP contribution in [0.5, 0.6) is 11.5 Å². The van der Waals surface area contributed by atoms with Crippen LogP contribution in [0.4, 0.5) is 5.69 Å². The second-order valence-corrected chi connectivity index (χ2v) is 8.35. The van der Waals surface area contributed by atoms with Gasteiger partial charge in [-0.2, -0.15) is 0 Å². The number of hydrogen-bond acceptors (Lipinski definition) is 4. The predicted octanol–water partition coefficient (Wildman–Crippen LogP) is 6.94. The van der Waals surface area contributed by atoms with Crippen molar-refractivity contribution in [3.63, 3.8) is 0 Å². The van der Waals surface area contributed by atoms with Gasteiger partial charge in [0.05, 0.1) is 5.69 Å². The maximum absolute atomic E-state index is 13.0. The highest BCUT2D eigenvalue weighted by atomic mass is 35.5. The van der Waals surface area contributed by atoms with Crippen LogP contribution < -0.4 is 10.1 Å². The van der Waals surface area contributed by atoms with Gasteiger partial charge < -0.3 is 10.1 Å². The summed E-state index contributed by atoms with van der Waals surface area (Å²) in [5, 5.41) is 7.99. The molecule has 6 nitrogen and oxygen atoms in total. The molecule has 5 aromatic rings. The Kier molecular flexibility index (Phi) is 6.28. The first kappa shape index (κ1) is 22.4. The van der Waals surface area contributed by atoms with Gasteiger partial charge in [0, 0.05) is 16.3 Å². The fourth-order valence-electron chi connectivity index (χ4n) is 3.56. The minimum atomic E-state index is -0.414. The predicted molar refractivity (Wildman–Crippen MR) is 137 cm³/mol. The second kappa shape index (κ2) is 9.83. The number of carbonyl (C=O) groups excluding carboxylic acids is 1. The molecule has 1 heterocycles. The Bertz CT molecular complexity index is 1460. The van der Waals surface area contributed by atoms with Crippen molar-refractivity contribution in [3.8, 4) is 28.6 Å². The quantitative estimate of drug-likeness (QED) is 0.286. The first-order valence-corrected chi connectivity index (χ1v) is 11.4. The lowest BCUT2D eigenvalue weighted by Crippen LogP contribution is -2.14. The minimum Gasteiger partial charge on any atom is -0.457 e. The molecule has 7 heteroatoms. The van der Waals surface area contributed by atoms with E-state index in [1.807, 2.05) is 73.7 Å². The first-order valence-electron chi connectivity index (χ1n) is 11.0. The number of carbonyl (C=O) groups is 1. The molecule has 5 rings (SSSR count). The Morgan fingerprint density at radius 2 is 1.57 bits per heavy atom. The number of ether oxygens (including phenoxy) is 1. The monoisotopic (exact) mass is 480 g/mol. The summed E-state index contributed by atoms with van der Waals surface area (Å²) in [7, 11) is 0. The molecule has 0 aliphatic carbocycles. The number of aryl methyl sites for hydroxylation is 1. The summed E-state index contributed by atoms with van der Waals surface area (Å²) in [5.41, 5.74) is 3.29. The zero-order valence-corrected chi connectivity index (χ0v) is 19.6. The Morgan fingerprint density at radius 1 is 0.857 bits per heavy atom. The summed E-state index contributed by atoms with van der Waals surface area (Å²) in [5.74, 6) is 1.61. The number of rotatable bonds is 6. The van der Waals surface area contributed by atoms with Crippen LogP contribution >= 0.6 is 11.6 Å². The third-order valence-electron chi connectivity index (χ3n) is 5.25. The van der Waals surface area contributed by atoms with E-state index in [4.69, 9.17) is 16.3 Å². The minimum absolute atomic E-state index is 0.0565. The molecule has 1 aromatic heterocycles. The molecule has 0 radical (unpaired) electrons. The lowest BCUT2D eigenvalue weighted by Gasteiger charge is -2.07.